The number of rotatable bonds is 1. The van der Waals surface area contributed by atoms with Crippen LogP contribution in [0.2, 0.25) is 0 Å². The average molecular weight is 168 g/mol. The molecule has 0 amide bonds. The van der Waals surface area contributed by atoms with Crippen molar-refractivity contribution >= 4 is 0 Å². The Morgan fingerprint density at radius 3 is 2.25 bits per heavy atom. The summed E-state index contributed by atoms with van der Waals surface area (Å²) in [5.74, 6) is 1.45. The van der Waals surface area contributed by atoms with Crippen LogP contribution in [0, 0.1) is 22.7 Å². The van der Waals surface area contributed by atoms with Gasteiger partial charge in [-0.25, -0.2) is 0 Å². The van der Waals surface area contributed by atoms with Crippen molar-refractivity contribution in [1.29, 1.82) is 0 Å². The number of aliphatic hydroxyl groups is 1. The molecule has 0 saturated heterocycles. The molecule has 2 bridgehead atoms. The second kappa shape index (κ2) is 2.25. The molecule has 2 aliphatic rings. The topological polar surface area (TPSA) is 20.2 Å². The maximum absolute atomic E-state index is 9.29. The van der Waals surface area contributed by atoms with Gasteiger partial charge in [0.2, 0.25) is 0 Å². The lowest BCUT2D eigenvalue weighted by molar-refractivity contribution is 0.0625. The molecule has 1 unspecified atom stereocenters. The van der Waals surface area contributed by atoms with E-state index in [1.54, 1.807) is 0 Å². The summed E-state index contributed by atoms with van der Waals surface area (Å²) in [7, 11) is 0. The van der Waals surface area contributed by atoms with Gasteiger partial charge in [0.1, 0.15) is 0 Å². The largest absolute Gasteiger partial charge is 0.396 e. The summed E-state index contributed by atoms with van der Waals surface area (Å²) < 4.78 is 0. The molecule has 0 spiro atoms. The Hall–Kier alpha value is -0.0400. The van der Waals surface area contributed by atoms with Crippen LogP contribution in [-0.2, 0) is 0 Å². The smallest absolute Gasteiger partial charge is 0.0464 e. The number of fused-ring (bicyclic) bond motifs is 2. The number of hydrogen-bond acceptors (Lipinski definition) is 1. The van der Waals surface area contributed by atoms with Crippen molar-refractivity contribution in [3.63, 3.8) is 0 Å². The minimum Gasteiger partial charge on any atom is -0.396 e. The Kier molecular flexibility index (Phi) is 1.61. The van der Waals surface area contributed by atoms with Crippen molar-refractivity contribution in [2.75, 3.05) is 6.61 Å². The fraction of sp³-hybridized carbons (Fsp3) is 1.00. The molecule has 1 N–H and O–H groups in total. The molecule has 2 rings (SSSR count). The molecule has 1 heteroatoms. The standard InChI is InChI=1S/C11H20O/c1-10(2)8-4-5-11(10,3)9(6-8)7-12/h8-9,12H,4-7H2,1-3H3/t8-,9?,11+/m1/s1. The third kappa shape index (κ3) is 0.736. The molecule has 0 aliphatic heterocycles. The van der Waals surface area contributed by atoms with Crippen LogP contribution in [0.15, 0.2) is 0 Å². The van der Waals surface area contributed by atoms with Gasteiger partial charge in [-0.1, -0.05) is 20.8 Å². The highest BCUT2D eigenvalue weighted by Gasteiger charge is 2.60. The maximum atomic E-state index is 9.29. The van der Waals surface area contributed by atoms with Crippen LogP contribution >= 0.6 is 0 Å². The summed E-state index contributed by atoms with van der Waals surface area (Å²) in [6.07, 6.45) is 3.98. The number of aliphatic hydroxyl groups excluding tert-OH is 1. The highest BCUT2D eigenvalue weighted by atomic mass is 16.3. The summed E-state index contributed by atoms with van der Waals surface area (Å²) in [6, 6.07) is 0. The molecule has 0 aromatic rings. The van der Waals surface area contributed by atoms with Gasteiger partial charge < -0.3 is 5.11 Å². The summed E-state index contributed by atoms with van der Waals surface area (Å²) >= 11 is 0. The zero-order valence-corrected chi connectivity index (χ0v) is 8.43. The molecular formula is C11H20O. The second-order valence-electron chi connectivity index (χ2n) is 5.49. The van der Waals surface area contributed by atoms with E-state index >= 15 is 0 Å². The van der Waals surface area contributed by atoms with Crippen molar-refractivity contribution in [3.8, 4) is 0 Å². The van der Waals surface area contributed by atoms with Crippen LogP contribution in [0.4, 0.5) is 0 Å². The fourth-order valence-electron chi connectivity index (χ4n) is 3.65. The van der Waals surface area contributed by atoms with E-state index in [1.165, 1.54) is 19.3 Å². The molecule has 1 nitrogen and oxygen atoms in total. The van der Waals surface area contributed by atoms with Gasteiger partial charge in [-0.3, -0.25) is 0 Å². The predicted molar refractivity (Wildman–Crippen MR) is 49.8 cm³/mol. The summed E-state index contributed by atoms with van der Waals surface area (Å²) in [6.45, 7) is 7.55. The van der Waals surface area contributed by atoms with Gasteiger partial charge in [0.15, 0.2) is 0 Å². The lowest BCUT2D eigenvalue weighted by Gasteiger charge is -2.38. The first kappa shape index (κ1) is 8.55. The molecule has 0 radical (unpaired) electrons. The van der Waals surface area contributed by atoms with E-state index in [2.05, 4.69) is 20.8 Å². The normalized spacial score (nSPS) is 50.0. The summed E-state index contributed by atoms with van der Waals surface area (Å²) in [5, 5.41) is 9.29. The van der Waals surface area contributed by atoms with Gasteiger partial charge in [-0.05, 0) is 41.9 Å². The molecule has 2 aliphatic carbocycles. The molecule has 0 aromatic heterocycles. The van der Waals surface area contributed by atoms with E-state index in [1.807, 2.05) is 0 Å². The maximum Gasteiger partial charge on any atom is 0.0464 e. The molecule has 0 aromatic carbocycles. The highest BCUT2D eigenvalue weighted by molar-refractivity contribution is 5.09. The lowest BCUT2D eigenvalue weighted by atomic mass is 9.67. The summed E-state index contributed by atoms with van der Waals surface area (Å²) in [5.41, 5.74) is 0.896. The van der Waals surface area contributed by atoms with E-state index in [9.17, 15) is 5.11 Å². The third-order valence-corrected chi connectivity index (χ3v) is 5.20. The van der Waals surface area contributed by atoms with Gasteiger partial charge in [0, 0.05) is 6.61 Å². The third-order valence-electron chi connectivity index (χ3n) is 5.20. The Morgan fingerprint density at radius 2 is 2.00 bits per heavy atom. The fourth-order valence-corrected chi connectivity index (χ4v) is 3.65. The van der Waals surface area contributed by atoms with Gasteiger partial charge in [-0.15, -0.1) is 0 Å². The molecule has 3 atom stereocenters. The first-order chi connectivity index (χ1) is 5.52. The molecule has 0 heterocycles. The zero-order valence-electron chi connectivity index (χ0n) is 8.43. The Morgan fingerprint density at radius 1 is 1.33 bits per heavy atom. The Balaban J connectivity index is 2.33. The van der Waals surface area contributed by atoms with Gasteiger partial charge >= 0.3 is 0 Å². The van der Waals surface area contributed by atoms with Crippen LogP contribution in [0.1, 0.15) is 40.0 Å². The van der Waals surface area contributed by atoms with Crippen molar-refractivity contribution in [3.05, 3.63) is 0 Å². The highest BCUT2D eigenvalue weighted by Crippen LogP contribution is 2.67. The van der Waals surface area contributed by atoms with Crippen LogP contribution in [-0.4, -0.2) is 11.7 Å². The van der Waals surface area contributed by atoms with Gasteiger partial charge in [0.25, 0.3) is 0 Å². The van der Waals surface area contributed by atoms with Crippen LogP contribution < -0.4 is 0 Å². The van der Waals surface area contributed by atoms with Crippen molar-refractivity contribution < 1.29 is 5.11 Å². The molecular weight excluding hydrogens is 148 g/mol. The predicted octanol–water partition coefficient (Wildman–Crippen LogP) is 2.44. The molecule has 70 valence electrons. The van der Waals surface area contributed by atoms with E-state index in [-0.39, 0.29) is 0 Å². The van der Waals surface area contributed by atoms with Crippen LogP contribution in [0.25, 0.3) is 0 Å². The molecule has 12 heavy (non-hydrogen) atoms. The minimum atomic E-state index is 0.399. The van der Waals surface area contributed by atoms with E-state index < -0.39 is 0 Å². The molecule has 2 saturated carbocycles. The Bertz CT molecular complexity index is 197. The SMILES string of the molecule is CC1(C)[C@@H]2CC[C@@]1(C)C(CO)C2. The van der Waals surface area contributed by atoms with E-state index in [4.69, 9.17) is 0 Å². The number of hydrogen-bond donors (Lipinski definition) is 1. The van der Waals surface area contributed by atoms with E-state index in [0.717, 1.165) is 5.92 Å². The van der Waals surface area contributed by atoms with Gasteiger partial charge in [-0.2, -0.15) is 0 Å². The van der Waals surface area contributed by atoms with Crippen molar-refractivity contribution in [1.82, 2.24) is 0 Å². The van der Waals surface area contributed by atoms with Crippen LogP contribution in [0.5, 0.6) is 0 Å². The first-order valence-electron chi connectivity index (χ1n) is 5.13. The van der Waals surface area contributed by atoms with Gasteiger partial charge in [0.05, 0.1) is 0 Å². The van der Waals surface area contributed by atoms with Crippen molar-refractivity contribution in [2.24, 2.45) is 22.7 Å². The molecule has 2 fully saturated rings. The van der Waals surface area contributed by atoms with Crippen molar-refractivity contribution in [2.45, 2.75) is 40.0 Å². The lowest BCUT2D eigenvalue weighted by Crippen LogP contribution is -2.33. The quantitative estimate of drug-likeness (QED) is 0.637. The average Bonchev–Trinajstić information content (AvgIpc) is 2.34. The first-order valence-corrected chi connectivity index (χ1v) is 5.13. The minimum absolute atomic E-state index is 0.399. The summed E-state index contributed by atoms with van der Waals surface area (Å²) in [4.78, 5) is 0. The van der Waals surface area contributed by atoms with E-state index in [0.29, 0.717) is 23.4 Å². The zero-order chi connectivity index (χ0) is 8.98. The van der Waals surface area contributed by atoms with Crippen LogP contribution in [0.3, 0.4) is 0 Å². The second-order valence-corrected chi connectivity index (χ2v) is 5.49. The Labute approximate surface area is 75.2 Å². The monoisotopic (exact) mass is 168 g/mol.